The van der Waals surface area contributed by atoms with E-state index in [0.29, 0.717) is 24.3 Å². The van der Waals surface area contributed by atoms with Gasteiger partial charge in [0.25, 0.3) is 0 Å². The molecule has 1 aliphatic carbocycles. The summed E-state index contributed by atoms with van der Waals surface area (Å²) in [6.45, 7) is 8.96. The molecule has 1 saturated heterocycles. The highest BCUT2D eigenvalue weighted by Gasteiger charge is 2.23. The van der Waals surface area contributed by atoms with Crippen molar-refractivity contribution in [3.05, 3.63) is 36.5 Å². The van der Waals surface area contributed by atoms with Crippen LogP contribution in [0.1, 0.15) is 32.1 Å². The van der Waals surface area contributed by atoms with Crippen LogP contribution < -0.4 is 10.6 Å². The third kappa shape index (κ3) is 6.25. The molecular weight excluding hydrogens is 462 g/mol. The van der Waals surface area contributed by atoms with Crippen LogP contribution >= 0.6 is 11.3 Å². The van der Waals surface area contributed by atoms with Crippen molar-refractivity contribution in [3.63, 3.8) is 0 Å². The topological polar surface area (TPSA) is 97.2 Å². The summed E-state index contributed by atoms with van der Waals surface area (Å²) in [4.78, 5) is 23.6. The predicted molar refractivity (Wildman–Crippen MR) is 139 cm³/mol. The summed E-state index contributed by atoms with van der Waals surface area (Å²) in [5.74, 6) is 2.05. The first-order chi connectivity index (χ1) is 17.2. The molecule has 0 spiro atoms. The summed E-state index contributed by atoms with van der Waals surface area (Å²) >= 11 is 1.65. The second kappa shape index (κ2) is 11.3. The predicted octanol–water partition coefficient (Wildman–Crippen LogP) is 4.08. The summed E-state index contributed by atoms with van der Waals surface area (Å²) in [5.41, 5.74) is 1.81. The number of rotatable bonds is 10. The number of nitrogens with one attached hydrogen (secondary N) is 2. The normalized spacial score (nSPS) is 21.1. The zero-order valence-electron chi connectivity index (χ0n) is 20.0. The van der Waals surface area contributed by atoms with Gasteiger partial charge >= 0.3 is 0 Å². The van der Waals surface area contributed by atoms with Gasteiger partial charge in [0.05, 0.1) is 41.9 Å². The number of anilines is 3. The summed E-state index contributed by atoms with van der Waals surface area (Å²) < 4.78 is 8.44. The van der Waals surface area contributed by atoms with Crippen LogP contribution in [0.25, 0.3) is 10.2 Å². The molecule has 3 aromatic rings. The van der Waals surface area contributed by atoms with Gasteiger partial charge in [-0.15, -0.1) is 11.3 Å². The average Bonchev–Trinajstić information content (AvgIpc) is 3.54. The summed E-state index contributed by atoms with van der Waals surface area (Å²) in [7, 11) is 0. The van der Waals surface area contributed by atoms with Crippen LogP contribution in [0.15, 0.2) is 36.5 Å². The first-order valence-electron chi connectivity index (χ1n) is 12.4. The molecule has 3 aromatic heterocycles. The molecule has 5 rings (SSSR count). The molecule has 4 heterocycles. The number of nitrogens with zero attached hydrogens (tertiary/aromatic N) is 5. The van der Waals surface area contributed by atoms with Crippen LogP contribution in [0.2, 0.25) is 0 Å². The zero-order valence-corrected chi connectivity index (χ0v) is 20.8. The van der Waals surface area contributed by atoms with Crippen molar-refractivity contribution in [1.29, 1.82) is 0 Å². The van der Waals surface area contributed by atoms with Crippen molar-refractivity contribution in [2.45, 2.75) is 44.7 Å². The maximum Gasteiger partial charge on any atom is 0.229 e. The van der Waals surface area contributed by atoms with Crippen LogP contribution in [0, 0.1) is 5.92 Å². The van der Waals surface area contributed by atoms with E-state index in [1.807, 2.05) is 23.1 Å². The number of hydrogen-bond acceptors (Lipinski definition) is 9. The number of ketones is 1. The molecule has 2 N–H and O–H groups in total. The molecule has 0 atom stereocenters. The van der Waals surface area contributed by atoms with Crippen molar-refractivity contribution >= 4 is 44.8 Å². The third-order valence-electron chi connectivity index (χ3n) is 6.85. The number of allylic oxidation sites excluding steroid dienone is 1. The van der Waals surface area contributed by atoms with Gasteiger partial charge in [0.2, 0.25) is 5.95 Å². The number of thiophene rings is 1. The third-order valence-corrected chi connectivity index (χ3v) is 7.76. The van der Waals surface area contributed by atoms with Gasteiger partial charge in [-0.25, -0.2) is 4.98 Å². The van der Waals surface area contributed by atoms with Crippen molar-refractivity contribution in [2.24, 2.45) is 5.92 Å². The SMILES string of the molecule is C=CC(=O)CC1CCC(Nc2nc(Nc3cnn(CCN4CCOCC4)c3)nc3ccsc23)CC1. The van der Waals surface area contributed by atoms with Gasteiger partial charge in [-0.3, -0.25) is 14.4 Å². The van der Waals surface area contributed by atoms with E-state index in [2.05, 4.69) is 32.6 Å². The maximum atomic E-state index is 11.7. The molecule has 10 heteroatoms. The summed E-state index contributed by atoms with van der Waals surface area (Å²) in [5, 5.41) is 13.5. The molecule has 0 bridgehead atoms. The maximum absolute atomic E-state index is 11.7. The molecule has 2 fully saturated rings. The molecule has 0 radical (unpaired) electrons. The van der Waals surface area contributed by atoms with Crippen molar-refractivity contribution in [1.82, 2.24) is 24.6 Å². The second-order valence-corrected chi connectivity index (χ2v) is 10.3. The van der Waals surface area contributed by atoms with Gasteiger partial charge < -0.3 is 15.4 Å². The lowest BCUT2D eigenvalue weighted by atomic mass is 9.83. The Morgan fingerprint density at radius 2 is 2.03 bits per heavy atom. The van der Waals surface area contributed by atoms with Crippen molar-refractivity contribution in [2.75, 3.05) is 43.5 Å². The monoisotopic (exact) mass is 495 g/mol. The van der Waals surface area contributed by atoms with Gasteiger partial charge in [0, 0.05) is 38.3 Å². The van der Waals surface area contributed by atoms with E-state index < -0.39 is 0 Å². The number of morpholine rings is 1. The highest BCUT2D eigenvalue weighted by atomic mass is 32.1. The molecule has 186 valence electrons. The first-order valence-corrected chi connectivity index (χ1v) is 13.3. The Balaban J connectivity index is 1.21. The fraction of sp³-hybridized carbons (Fsp3) is 0.520. The van der Waals surface area contributed by atoms with Crippen LogP contribution in [0.3, 0.4) is 0 Å². The van der Waals surface area contributed by atoms with E-state index in [1.165, 1.54) is 6.08 Å². The number of carbonyl (C=O) groups is 1. The lowest BCUT2D eigenvalue weighted by molar-refractivity contribution is -0.115. The molecule has 2 aliphatic rings. The Hall–Kier alpha value is -2.82. The highest BCUT2D eigenvalue weighted by molar-refractivity contribution is 7.17. The first kappa shape index (κ1) is 23.9. The summed E-state index contributed by atoms with van der Waals surface area (Å²) in [6.07, 6.45) is 10.0. The Bertz CT molecular complexity index is 1150. The van der Waals surface area contributed by atoms with Crippen LogP contribution in [0.4, 0.5) is 17.5 Å². The molecule has 1 aliphatic heterocycles. The molecule has 9 nitrogen and oxygen atoms in total. The highest BCUT2D eigenvalue weighted by Crippen LogP contribution is 2.33. The Morgan fingerprint density at radius 1 is 1.20 bits per heavy atom. The minimum Gasteiger partial charge on any atom is -0.379 e. The van der Waals surface area contributed by atoms with E-state index in [1.54, 1.807) is 11.3 Å². The second-order valence-electron chi connectivity index (χ2n) is 9.34. The van der Waals surface area contributed by atoms with Crippen LogP contribution in [0.5, 0.6) is 0 Å². The molecule has 0 amide bonds. The van der Waals surface area contributed by atoms with E-state index in [0.717, 1.165) is 86.8 Å². The van der Waals surface area contributed by atoms with Crippen LogP contribution in [-0.4, -0.2) is 69.3 Å². The van der Waals surface area contributed by atoms with Gasteiger partial charge in [-0.2, -0.15) is 10.1 Å². The Labute approximate surface area is 209 Å². The number of hydrogen-bond donors (Lipinski definition) is 2. The Kier molecular flexibility index (Phi) is 7.70. The van der Waals surface area contributed by atoms with E-state index in [9.17, 15) is 4.79 Å². The van der Waals surface area contributed by atoms with Gasteiger partial charge in [0.1, 0.15) is 5.82 Å². The van der Waals surface area contributed by atoms with Crippen molar-refractivity contribution < 1.29 is 9.53 Å². The molecule has 0 unspecified atom stereocenters. The van der Waals surface area contributed by atoms with E-state index in [4.69, 9.17) is 14.7 Å². The smallest absolute Gasteiger partial charge is 0.229 e. The standard InChI is InChI=1S/C25H33N7O2S/c1-2-21(33)15-18-3-5-19(6-4-18)27-24-23-22(7-14-35-23)29-25(30-24)28-20-16-26-32(17-20)9-8-31-10-12-34-13-11-31/h2,7,14,16-19H,1,3-6,8-13,15H2,(H2,27,28,29,30). The fourth-order valence-corrected chi connectivity index (χ4v) is 5.62. The summed E-state index contributed by atoms with van der Waals surface area (Å²) in [6, 6.07) is 2.38. The lowest BCUT2D eigenvalue weighted by Gasteiger charge is -2.29. The quantitative estimate of drug-likeness (QED) is 0.406. The largest absolute Gasteiger partial charge is 0.379 e. The zero-order chi connectivity index (χ0) is 24.0. The number of fused-ring (bicyclic) bond motifs is 1. The Morgan fingerprint density at radius 3 is 2.83 bits per heavy atom. The van der Waals surface area contributed by atoms with Gasteiger partial charge in [0.15, 0.2) is 5.78 Å². The average molecular weight is 496 g/mol. The van der Waals surface area contributed by atoms with Crippen LogP contribution in [-0.2, 0) is 16.1 Å². The number of carbonyl (C=O) groups excluding carboxylic acids is 1. The molecule has 35 heavy (non-hydrogen) atoms. The van der Waals surface area contributed by atoms with E-state index >= 15 is 0 Å². The number of ether oxygens (including phenoxy) is 1. The lowest BCUT2D eigenvalue weighted by Crippen LogP contribution is -2.38. The van der Waals surface area contributed by atoms with E-state index in [-0.39, 0.29) is 5.78 Å². The minimum atomic E-state index is 0.151. The molecule has 1 saturated carbocycles. The van der Waals surface area contributed by atoms with Gasteiger partial charge in [-0.1, -0.05) is 6.58 Å². The van der Waals surface area contributed by atoms with Crippen molar-refractivity contribution in [3.8, 4) is 0 Å². The number of aromatic nitrogens is 4. The minimum absolute atomic E-state index is 0.151. The fourth-order valence-electron chi connectivity index (χ4n) is 4.84. The molecule has 0 aromatic carbocycles. The van der Waals surface area contributed by atoms with Gasteiger partial charge in [-0.05, 0) is 49.1 Å². The molecular formula is C25H33N7O2S.